The van der Waals surface area contributed by atoms with E-state index in [1.165, 1.54) is 12.1 Å². The fourth-order valence-electron chi connectivity index (χ4n) is 1.55. The molecule has 4 nitrogen and oxygen atoms in total. The molecule has 108 valence electrons. The summed E-state index contributed by atoms with van der Waals surface area (Å²) in [5.74, 6) is 0.0605. The minimum absolute atomic E-state index is 0.0605. The normalized spacial score (nSPS) is 13.7. The van der Waals surface area contributed by atoms with Crippen molar-refractivity contribution in [2.24, 2.45) is 0 Å². The second kappa shape index (κ2) is 7.24. The van der Waals surface area contributed by atoms with E-state index >= 15 is 0 Å². The molecule has 0 bridgehead atoms. The maximum atomic E-state index is 12.1. The Morgan fingerprint density at radius 2 is 1.84 bits per heavy atom. The average molecular weight is 306 g/mol. The van der Waals surface area contributed by atoms with E-state index < -0.39 is 9.84 Å². The van der Waals surface area contributed by atoms with Crippen LogP contribution < -0.4 is 0 Å². The molecule has 0 amide bonds. The molecular formula is C13H20ClNO3S. The van der Waals surface area contributed by atoms with Gasteiger partial charge in [0.25, 0.3) is 0 Å². The molecule has 0 spiro atoms. The van der Waals surface area contributed by atoms with Crippen molar-refractivity contribution in [3.63, 3.8) is 0 Å². The Bertz CT molecular complexity index is 485. The number of nitrogens with zero attached hydrogens (tertiary/aromatic N) is 1. The minimum Gasteiger partial charge on any atom is -0.393 e. The molecule has 0 aliphatic rings. The highest BCUT2D eigenvalue weighted by Crippen LogP contribution is 2.15. The number of aliphatic hydroxyl groups is 1. The first-order valence-electron chi connectivity index (χ1n) is 6.16. The second-order valence-electron chi connectivity index (χ2n) is 4.71. The molecule has 1 rings (SSSR count). The molecule has 1 N–H and O–H groups in total. The van der Waals surface area contributed by atoms with E-state index in [2.05, 4.69) is 0 Å². The summed E-state index contributed by atoms with van der Waals surface area (Å²) < 4.78 is 24.1. The quantitative estimate of drug-likeness (QED) is 0.835. The van der Waals surface area contributed by atoms with E-state index in [4.69, 9.17) is 11.6 Å². The van der Waals surface area contributed by atoms with E-state index in [0.717, 1.165) is 0 Å². The van der Waals surface area contributed by atoms with Crippen LogP contribution in [0.1, 0.15) is 13.3 Å². The van der Waals surface area contributed by atoms with E-state index in [1.807, 2.05) is 11.9 Å². The summed E-state index contributed by atoms with van der Waals surface area (Å²) in [5, 5.41) is 9.70. The van der Waals surface area contributed by atoms with Gasteiger partial charge in [-0.3, -0.25) is 0 Å². The Labute approximate surface area is 119 Å². The minimum atomic E-state index is -3.27. The summed E-state index contributed by atoms with van der Waals surface area (Å²) in [6.45, 7) is 2.84. The fourth-order valence-corrected chi connectivity index (χ4v) is 3.02. The van der Waals surface area contributed by atoms with Crippen molar-refractivity contribution in [1.29, 1.82) is 0 Å². The van der Waals surface area contributed by atoms with Gasteiger partial charge < -0.3 is 10.0 Å². The number of sulfone groups is 1. The van der Waals surface area contributed by atoms with Gasteiger partial charge >= 0.3 is 0 Å². The Morgan fingerprint density at radius 1 is 1.26 bits per heavy atom. The van der Waals surface area contributed by atoms with Crippen molar-refractivity contribution in [2.45, 2.75) is 24.3 Å². The molecule has 0 saturated carbocycles. The van der Waals surface area contributed by atoms with Crippen molar-refractivity contribution < 1.29 is 13.5 Å². The maximum absolute atomic E-state index is 12.1. The van der Waals surface area contributed by atoms with E-state index in [9.17, 15) is 13.5 Å². The highest BCUT2D eigenvalue weighted by atomic mass is 35.5. The Balaban J connectivity index is 2.53. The van der Waals surface area contributed by atoms with Crippen molar-refractivity contribution >= 4 is 21.4 Å². The van der Waals surface area contributed by atoms with Crippen molar-refractivity contribution in [3.8, 4) is 0 Å². The van der Waals surface area contributed by atoms with Crippen LogP contribution in [-0.4, -0.2) is 50.4 Å². The summed E-state index contributed by atoms with van der Waals surface area (Å²) in [6, 6.07) is 6.19. The smallest absolute Gasteiger partial charge is 0.179 e. The highest BCUT2D eigenvalue weighted by molar-refractivity contribution is 7.91. The molecule has 0 aliphatic heterocycles. The Kier molecular flexibility index (Phi) is 6.26. The maximum Gasteiger partial charge on any atom is 0.179 e. The van der Waals surface area contributed by atoms with Crippen LogP contribution >= 0.6 is 11.6 Å². The number of benzene rings is 1. The van der Waals surface area contributed by atoms with Crippen molar-refractivity contribution in [1.82, 2.24) is 4.90 Å². The van der Waals surface area contributed by atoms with Crippen LogP contribution in [0.2, 0.25) is 5.02 Å². The molecule has 1 unspecified atom stereocenters. The van der Waals surface area contributed by atoms with Crippen molar-refractivity contribution in [2.75, 3.05) is 25.9 Å². The van der Waals surface area contributed by atoms with Crippen LogP contribution in [0.5, 0.6) is 0 Å². The summed E-state index contributed by atoms with van der Waals surface area (Å²) >= 11 is 5.73. The van der Waals surface area contributed by atoms with Crippen LogP contribution in [0.15, 0.2) is 29.2 Å². The molecule has 0 aromatic heterocycles. The second-order valence-corrected chi connectivity index (χ2v) is 7.26. The lowest BCUT2D eigenvalue weighted by molar-refractivity contribution is 0.166. The lowest BCUT2D eigenvalue weighted by atomic mass is 10.3. The molecule has 19 heavy (non-hydrogen) atoms. The van der Waals surface area contributed by atoms with E-state index in [1.54, 1.807) is 19.1 Å². The first-order chi connectivity index (χ1) is 8.81. The largest absolute Gasteiger partial charge is 0.393 e. The number of hydrogen-bond donors (Lipinski definition) is 1. The highest BCUT2D eigenvalue weighted by Gasteiger charge is 2.15. The van der Waals surface area contributed by atoms with Gasteiger partial charge in [-0.15, -0.1) is 0 Å². The van der Waals surface area contributed by atoms with Crippen molar-refractivity contribution in [3.05, 3.63) is 29.3 Å². The molecule has 6 heteroatoms. The molecule has 0 aliphatic carbocycles. The topological polar surface area (TPSA) is 57.6 Å². The summed E-state index contributed by atoms with van der Waals surface area (Å²) in [6.07, 6.45) is 0.271. The first-order valence-corrected chi connectivity index (χ1v) is 8.19. The van der Waals surface area contributed by atoms with Gasteiger partial charge in [0.2, 0.25) is 0 Å². The number of hydrogen-bond acceptors (Lipinski definition) is 4. The van der Waals surface area contributed by atoms with Crippen LogP contribution in [0.3, 0.4) is 0 Å². The van der Waals surface area contributed by atoms with Gasteiger partial charge in [-0.05, 0) is 44.7 Å². The lowest BCUT2D eigenvalue weighted by Gasteiger charge is -2.17. The number of rotatable bonds is 7. The van der Waals surface area contributed by atoms with Gasteiger partial charge in [0.1, 0.15) is 0 Å². The number of aliphatic hydroxyl groups excluding tert-OH is 1. The van der Waals surface area contributed by atoms with Gasteiger partial charge in [0.05, 0.1) is 16.8 Å². The van der Waals surface area contributed by atoms with Crippen LogP contribution in [-0.2, 0) is 9.84 Å². The zero-order chi connectivity index (χ0) is 14.5. The summed E-state index contributed by atoms with van der Waals surface area (Å²) in [4.78, 5) is 2.20. The molecule has 0 fully saturated rings. The van der Waals surface area contributed by atoms with E-state index in [0.29, 0.717) is 29.4 Å². The fraction of sp³-hybridized carbons (Fsp3) is 0.538. The molecule has 0 heterocycles. The van der Waals surface area contributed by atoms with Crippen LogP contribution in [0, 0.1) is 0 Å². The third kappa shape index (κ3) is 5.91. The zero-order valence-electron chi connectivity index (χ0n) is 11.2. The van der Waals surface area contributed by atoms with Gasteiger partial charge in [-0.25, -0.2) is 8.42 Å². The summed E-state index contributed by atoms with van der Waals surface area (Å²) in [5.41, 5.74) is 0. The van der Waals surface area contributed by atoms with Gasteiger partial charge in [0.15, 0.2) is 9.84 Å². The Morgan fingerprint density at radius 3 is 2.37 bits per heavy atom. The monoisotopic (exact) mass is 305 g/mol. The molecule has 1 aromatic rings. The van der Waals surface area contributed by atoms with Crippen LogP contribution in [0.25, 0.3) is 0 Å². The molecule has 1 aromatic carbocycles. The van der Waals surface area contributed by atoms with Gasteiger partial charge in [-0.2, -0.15) is 0 Å². The first kappa shape index (κ1) is 16.4. The molecule has 0 radical (unpaired) electrons. The SMILES string of the molecule is CC(O)CCN(C)CCS(=O)(=O)c1ccc(Cl)cc1. The molecular weight excluding hydrogens is 286 g/mol. The predicted octanol–water partition coefficient (Wildman–Crippen LogP) is 1.82. The van der Waals surface area contributed by atoms with E-state index in [-0.39, 0.29) is 11.9 Å². The predicted molar refractivity (Wildman–Crippen MR) is 77.3 cm³/mol. The zero-order valence-corrected chi connectivity index (χ0v) is 12.8. The van der Waals surface area contributed by atoms with Gasteiger partial charge in [0, 0.05) is 18.1 Å². The summed E-state index contributed by atoms with van der Waals surface area (Å²) in [7, 11) is -1.43. The average Bonchev–Trinajstić information content (AvgIpc) is 2.34. The number of halogens is 1. The lowest BCUT2D eigenvalue weighted by Crippen LogP contribution is -2.28. The van der Waals surface area contributed by atoms with Gasteiger partial charge in [-0.1, -0.05) is 11.6 Å². The standard InChI is InChI=1S/C13H20ClNO3S/c1-11(16)7-8-15(2)9-10-19(17,18)13-5-3-12(14)4-6-13/h3-6,11,16H,7-10H2,1-2H3. The Hall–Kier alpha value is -0.620. The molecule has 1 atom stereocenters. The van der Waals surface area contributed by atoms with Crippen LogP contribution in [0.4, 0.5) is 0 Å². The third-order valence-electron chi connectivity index (χ3n) is 2.84. The molecule has 0 saturated heterocycles. The third-order valence-corrected chi connectivity index (χ3v) is 4.81.